The van der Waals surface area contributed by atoms with Crippen molar-refractivity contribution in [2.45, 2.75) is 65.4 Å². The normalized spacial score (nSPS) is 11.6. The standard InChI is InChI=1S/C25H36N2O3/c1-4-6-7-8-9-17-29-24-12-10-11-22(18-24)27-25(28)19-26-21-13-15-23(16-14-21)30-20(3)5-2/h10-16,18,20,26H,4-9,17,19H2,1-3H3,(H,27,28). The summed E-state index contributed by atoms with van der Waals surface area (Å²) in [7, 11) is 0. The Labute approximate surface area is 181 Å². The van der Waals surface area contributed by atoms with E-state index in [9.17, 15) is 4.79 Å². The smallest absolute Gasteiger partial charge is 0.243 e. The van der Waals surface area contributed by atoms with Crippen LogP contribution in [0.2, 0.25) is 0 Å². The molecule has 2 rings (SSSR count). The van der Waals surface area contributed by atoms with E-state index in [0.717, 1.165) is 35.7 Å². The van der Waals surface area contributed by atoms with E-state index >= 15 is 0 Å². The van der Waals surface area contributed by atoms with Crippen LogP contribution in [0.15, 0.2) is 48.5 Å². The molecule has 30 heavy (non-hydrogen) atoms. The third-order valence-electron chi connectivity index (χ3n) is 4.85. The molecule has 0 radical (unpaired) electrons. The van der Waals surface area contributed by atoms with Crippen LogP contribution in [0.5, 0.6) is 11.5 Å². The highest BCUT2D eigenvalue weighted by Crippen LogP contribution is 2.19. The summed E-state index contributed by atoms with van der Waals surface area (Å²) < 4.78 is 11.6. The van der Waals surface area contributed by atoms with Crippen LogP contribution in [0.25, 0.3) is 0 Å². The molecule has 1 unspecified atom stereocenters. The summed E-state index contributed by atoms with van der Waals surface area (Å²) in [5.41, 5.74) is 1.62. The molecule has 0 heterocycles. The molecule has 2 aromatic rings. The first-order valence-corrected chi connectivity index (χ1v) is 11.1. The lowest BCUT2D eigenvalue weighted by Crippen LogP contribution is -2.21. The van der Waals surface area contributed by atoms with E-state index < -0.39 is 0 Å². The van der Waals surface area contributed by atoms with E-state index in [4.69, 9.17) is 9.47 Å². The van der Waals surface area contributed by atoms with Gasteiger partial charge >= 0.3 is 0 Å². The van der Waals surface area contributed by atoms with Gasteiger partial charge in [-0.25, -0.2) is 0 Å². The summed E-state index contributed by atoms with van der Waals surface area (Å²) in [4.78, 5) is 12.3. The third kappa shape index (κ3) is 9.21. The molecule has 0 aliphatic carbocycles. The molecule has 0 aliphatic heterocycles. The second kappa shape index (κ2) is 13.5. The fraction of sp³-hybridized carbons (Fsp3) is 0.480. The second-order valence-electron chi connectivity index (χ2n) is 7.55. The lowest BCUT2D eigenvalue weighted by molar-refractivity contribution is -0.114. The van der Waals surface area contributed by atoms with E-state index in [2.05, 4.69) is 24.5 Å². The minimum atomic E-state index is -0.105. The SMILES string of the molecule is CCCCCCCOc1cccc(NC(=O)CNc2ccc(OC(C)CC)cc2)c1. The topological polar surface area (TPSA) is 59.6 Å². The quantitative estimate of drug-likeness (QED) is 0.359. The Morgan fingerprint density at radius 1 is 0.933 bits per heavy atom. The molecule has 1 atom stereocenters. The maximum Gasteiger partial charge on any atom is 0.243 e. The minimum absolute atomic E-state index is 0.105. The number of hydrogen-bond acceptors (Lipinski definition) is 4. The van der Waals surface area contributed by atoms with Crippen LogP contribution < -0.4 is 20.1 Å². The monoisotopic (exact) mass is 412 g/mol. The first-order valence-electron chi connectivity index (χ1n) is 11.1. The Balaban J connectivity index is 1.72. The first-order chi connectivity index (χ1) is 14.6. The van der Waals surface area contributed by atoms with E-state index in [1.165, 1.54) is 25.7 Å². The molecular weight excluding hydrogens is 376 g/mol. The zero-order valence-electron chi connectivity index (χ0n) is 18.6. The predicted molar refractivity (Wildman–Crippen MR) is 125 cm³/mol. The third-order valence-corrected chi connectivity index (χ3v) is 4.85. The molecule has 0 spiro atoms. The number of carbonyl (C=O) groups is 1. The van der Waals surface area contributed by atoms with E-state index in [1.807, 2.05) is 55.5 Å². The number of hydrogen-bond donors (Lipinski definition) is 2. The van der Waals surface area contributed by atoms with Crippen molar-refractivity contribution in [2.75, 3.05) is 23.8 Å². The largest absolute Gasteiger partial charge is 0.494 e. The highest BCUT2D eigenvalue weighted by Gasteiger charge is 2.05. The Bertz CT molecular complexity index is 746. The van der Waals surface area contributed by atoms with E-state index in [0.29, 0.717) is 6.61 Å². The second-order valence-corrected chi connectivity index (χ2v) is 7.55. The molecule has 5 heteroatoms. The van der Waals surface area contributed by atoms with Gasteiger partial charge in [0.25, 0.3) is 0 Å². The average Bonchev–Trinajstić information content (AvgIpc) is 2.76. The van der Waals surface area contributed by atoms with Gasteiger partial charge in [-0.05, 0) is 56.2 Å². The highest BCUT2D eigenvalue weighted by atomic mass is 16.5. The van der Waals surface area contributed by atoms with Crippen LogP contribution in [0, 0.1) is 0 Å². The number of ether oxygens (including phenoxy) is 2. The van der Waals surface area contributed by atoms with Gasteiger partial charge in [0.2, 0.25) is 5.91 Å². The van der Waals surface area contributed by atoms with Crippen LogP contribution >= 0.6 is 0 Å². The van der Waals surface area contributed by atoms with Gasteiger partial charge in [-0.15, -0.1) is 0 Å². The number of nitrogens with one attached hydrogen (secondary N) is 2. The molecule has 0 fully saturated rings. The molecular formula is C25H36N2O3. The molecule has 0 bridgehead atoms. The van der Waals surface area contributed by atoms with Crippen molar-refractivity contribution in [3.63, 3.8) is 0 Å². The van der Waals surface area contributed by atoms with Gasteiger partial charge in [-0.1, -0.05) is 45.6 Å². The number of unbranched alkanes of at least 4 members (excludes halogenated alkanes) is 4. The Morgan fingerprint density at radius 3 is 2.43 bits per heavy atom. The average molecular weight is 413 g/mol. The Morgan fingerprint density at radius 2 is 1.70 bits per heavy atom. The van der Waals surface area contributed by atoms with Crippen molar-refractivity contribution >= 4 is 17.3 Å². The molecule has 1 amide bonds. The number of rotatable bonds is 14. The van der Waals surface area contributed by atoms with Crippen molar-refractivity contribution in [3.05, 3.63) is 48.5 Å². The minimum Gasteiger partial charge on any atom is -0.494 e. The van der Waals surface area contributed by atoms with Gasteiger partial charge in [0.15, 0.2) is 0 Å². The zero-order valence-corrected chi connectivity index (χ0v) is 18.6. The van der Waals surface area contributed by atoms with Gasteiger partial charge in [0.05, 0.1) is 19.3 Å². The molecule has 0 saturated carbocycles. The van der Waals surface area contributed by atoms with Crippen LogP contribution in [0.1, 0.15) is 59.3 Å². The lowest BCUT2D eigenvalue weighted by atomic mass is 10.2. The van der Waals surface area contributed by atoms with Crippen LogP contribution in [-0.4, -0.2) is 25.2 Å². The van der Waals surface area contributed by atoms with E-state index in [1.54, 1.807) is 0 Å². The van der Waals surface area contributed by atoms with Crippen molar-refractivity contribution in [2.24, 2.45) is 0 Å². The van der Waals surface area contributed by atoms with Crippen molar-refractivity contribution in [1.29, 1.82) is 0 Å². The Kier molecular flexibility index (Phi) is 10.6. The number of benzene rings is 2. The summed E-state index contributed by atoms with van der Waals surface area (Å²) in [6, 6.07) is 15.2. The molecule has 0 saturated heterocycles. The van der Waals surface area contributed by atoms with Crippen molar-refractivity contribution in [3.8, 4) is 11.5 Å². The maximum atomic E-state index is 12.3. The van der Waals surface area contributed by atoms with Gasteiger partial charge in [-0.2, -0.15) is 0 Å². The maximum absolute atomic E-state index is 12.3. The fourth-order valence-corrected chi connectivity index (χ4v) is 2.91. The number of anilines is 2. The van der Waals surface area contributed by atoms with Crippen LogP contribution in [0.3, 0.4) is 0 Å². The van der Waals surface area contributed by atoms with Gasteiger partial charge in [0, 0.05) is 17.4 Å². The number of carbonyl (C=O) groups excluding carboxylic acids is 1. The molecule has 5 nitrogen and oxygen atoms in total. The first kappa shape index (κ1) is 23.6. The predicted octanol–water partition coefficient (Wildman–Crippen LogP) is 6.26. The zero-order chi connectivity index (χ0) is 21.6. The number of amides is 1. The van der Waals surface area contributed by atoms with E-state index in [-0.39, 0.29) is 18.6 Å². The van der Waals surface area contributed by atoms with Gasteiger partial charge in [0.1, 0.15) is 11.5 Å². The fourth-order valence-electron chi connectivity index (χ4n) is 2.91. The van der Waals surface area contributed by atoms with Gasteiger partial charge < -0.3 is 20.1 Å². The molecule has 2 N–H and O–H groups in total. The summed E-state index contributed by atoms with van der Waals surface area (Å²) in [5, 5.41) is 6.04. The molecule has 0 aliphatic rings. The molecule has 164 valence electrons. The van der Waals surface area contributed by atoms with Gasteiger partial charge in [-0.3, -0.25) is 4.79 Å². The van der Waals surface area contributed by atoms with Crippen molar-refractivity contribution < 1.29 is 14.3 Å². The molecule has 0 aromatic heterocycles. The molecule has 2 aromatic carbocycles. The van der Waals surface area contributed by atoms with Crippen molar-refractivity contribution in [1.82, 2.24) is 0 Å². The van der Waals surface area contributed by atoms with Crippen LogP contribution in [0.4, 0.5) is 11.4 Å². The van der Waals surface area contributed by atoms with Crippen LogP contribution in [-0.2, 0) is 4.79 Å². The summed E-state index contributed by atoms with van der Waals surface area (Å²) in [5.74, 6) is 1.52. The highest BCUT2D eigenvalue weighted by molar-refractivity contribution is 5.93. The summed E-state index contributed by atoms with van der Waals surface area (Å²) in [6.07, 6.45) is 7.20. The Hall–Kier alpha value is -2.69. The summed E-state index contributed by atoms with van der Waals surface area (Å²) >= 11 is 0. The summed E-state index contributed by atoms with van der Waals surface area (Å²) in [6.45, 7) is 7.25. The lowest BCUT2D eigenvalue weighted by Gasteiger charge is -2.13.